The van der Waals surface area contributed by atoms with Crippen LogP contribution in [0.5, 0.6) is 0 Å². The van der Waals surface area contributed by atoms with Crippen LogP contribution in [0, 0.1) is 0 Å². The third-order valence-corrected chi connectivity index (χ3v) is 6.16. The minimum absolute atomic E-state index is 0. The Morgan fingerprint density at radius 1 is 1.00 bits per heavy atom. The molecule has 2 aromatic carbocycles. The summed E-state index contributed by atoms with van der Waals surface area (Å²) in [7, 11) is -1.86. The first-order valence-electron chi connectivity index (χ1n) is 10.8. The number of nitrogens with one attached hydrogen (secondary N) is 3. The summed E-state index contributed by atoms with van der Waals surface area (Å²) in [4.78, 5) is 7.01. The van der Waals surface area contributed by atoms with E-state index in [2.05, 4.69) is 56.4 Å². The fourth-order valence-electron chi connectivity index (χ4n) is 3.21. The Labute approximate surface area is 210 Å². The highest BCUT2D eigenvalue weighted by Crippen LogP contribution is 2.13. The van der Waals surface area contributed by atoms with E-state index in [-0.39, 0.29) is 29.7 Å². The Bertz CT molecular complexity index is 923. The Balaban J connectivity index is 0.00000512. The number of benzene rings is 2. The Kier molecular flexibility index (Phi) is 13.3. The van der Waals surface area contributed by atoms with Gasteiger partial charge >= 0.3 is 0 Å². The molecule has 0 aliphatic heterocycles. The smallest absolute Gasteiger partial charge is 0.215 e. The van der Waals surface area contributed by atoms with Gasteiger partial charge in [-0.25, -0.2) is 18.1 Å². The summed E-state index contributed by atoms with van der Waals surface area (Å²) >= 11 is 0. The lowest BCUT2D eigenvalue weighted by molar-refractivity contribution is 0.587. The van der Waals surface area contributed by atoms with Crippen molar-refractivity contribution in [3.05, 3.63) is 65.7 Å². The van der Waals surface area contributed by atoms with E-state index in [9.17, 15) is 8.42 Å². The van der Waals surface area contributed by atoms with E-state index in [0.29, 0.717) is 6.54 Å². The Morgan fingerprint density at radius 3 is 2.38 bits per heavy atom. The number of halogens is 1. The zero-order valence-corrected chi connectivity index (χ0v) is 22.3. The van der Waals surface area contributed by atoms with Crippen molar-refractivity contribution in [1.82, 2.24) is 15.4 Å². The van der Waals surface area contributed by atoms with E-state index in [0.717, 1.165) is 49.7 Å². The Morgan fingerprint density at radius 2 is 1.72 bits per heavy atom. The fourth-order valence-corrected chi connectivity index (χ4v) is 3.97. The van der Waals surface area contributed by atoms with Crippen LogP contribution in [-0.2, 0) is 22.3 Å². The van der Waals surface area contributed by atoms with Gasteiger partial charge in [-0.3, -0.25) is 0 Å². The number of rotatable bonds is 12. The van der Waals surface area contributed by atoms with E-state index in [1.807, 2.05) is 37.3 Å². The lowest BCUT2D eigenvalue weighted by Gasteiger charge is -2.23. The molecule has 0 fully saturated rings. The quantitative estimate of drug-likeness (QED) is 0.157. The molecule has 32 heavy (non-hydrogen) atoms. The van der Waals surface area contributed by atoms with Gasteiger partial charge in [0.15, 0.2) is 5.96 Å². The molecule has 0 aromatic heterocycles. The highest BCUT2D eigenvalue weighted by atomic mass is 127. The van der Waals surface area contributed by atoms with Crippen molar-refractivity contribution in [3.8, 4) is 0 Å². The highest BCUT2D eigenvalue weighted by molar-refractivity contribution is 14.0. The van der Waals surface area contributed by atoms with Crippen molar-refractivity contribution in [1.29, 1.82) is 0 Å². The number of hydrogen-bond donors (Lipinski definition) is 3. The molecule has 0 heterocycles. The van der Waals surface area contributed by atoms with Crippen LogP contribution in [0.1, 0.15) is 31.4 Å². The van der Waals surface area contributed by atoms with Crippen molar-refractivity contribution in [2.24, 2.45) is 4.99 Å². The molecule has 2 aromatic rings. The van der Waals surface area contributed by atoms with Gasteiger partial charge < -0.3 is 15.5 Å². The molecule has 7 nitrogen and oxygen atoms in total. The summed E-state index contributed by atoms with van der Waals surface area (Å²) in [5, 5.41) is 6.66. The molecule has 0 aliphatic rings. The molecule has 178 valence electrons. The van der Waals surface area contributed by atoms with Crippen molar-refractivity contribution in [2.45, 2.75) is 32.6 Å². The van der Waals surface area contributed by atoms with Crippen LogP contribution >= 0.6 is 24.0 Å². The molecule has 2 rings (SSSR count). The van der Waals surface area contributed by atoms with Gasteiger partial charge in [0.2, 0.25) is 10.0 Å². The number of nitrogens with zero attached hydrogens (tertiary/aromatic N) is 2. The molecule has 0 unspecified atom stereocenters. The van der Waals surface area contributed by atoms with Crippen LogP contribution in [0.25, 0.3) is 0 Å². The van der Waals surface area contributed by atoms with Crippen LogP contribution < -0.4 is 20.3 Å². The molecular formula is C23H36IN5O2S. The minimum Gasteiger partial charge on any atom is -0.372 e. The standard InChI is InChI=1S/C23H35N5O2S.HI/c1-4-25-23(26-15-10-16-28(5-2)22-13-7-6-8-14-22)27-18-20-11-9-12-21(17-20)19-31(29,30)24-3;/h6-9,11-14,17,24H,4-5,10,15-16,18-19H2,1-3H3,(H2,25,26,27);1H. The maximum Gasteiger partial charge on any atom is 0.215 e. The average Bonchev–Trinajstić information content (AvgIpc) is 2.78. The van der Waals surface area contributed by atoms with Gasteiger partial charge in [0.25, 0.3) is 0 Å². The number of hydrogen-bond acceptors (Lipinski definition) is 4. The average molecular weight is 574 g/mol. The molecule has 0 amide bonds. The summed E-state index contributed by atoms with van der Waals surface area (Å²) in [6.45, 7) is 8.21. The lowest BCUT2D eigenvalue weighted by Crippen LogP contribution is -2.38. The second-order valence-corrected chi connectivity index (χ2v) is 9.10. The van der Waals surface area contributed by atoms with Gasteiger partial charge in [0.05, 0.1) is 12.3 Å². The van der Waals surface area contributed by atoms with E-state index in [4.69, 9.17) is 0 Å². The molecule has 0 spiro atoms. The summed E-state index contributed by atoms with van der Waals surface area (Å²) in [6, 6.07) is 18.0. The number of anilines is 1. The zero-order chi connectivity index (χ0) is 22.5. The fraction of sp³-hybridized carbons (Fsp3) is 0.435. The van der Waals surface area contributed by atoms with E-state index in [1.165, 1.54) is 12.7 Å². The molecule has 3 N–H and O–H groups in total. The first-order chi connectivity index (χ1) is 15.0. The molecule has 0 bridgehead atoms. The molecular weight excluding hydrogens is 537 g/mol. The van der Waals surface area contributed by atoms with Crippen molar-refractivity contribution in [3.63, 3.8) is 0 Å². The van der Waals surface area contributed by atoms with Crippen LogP contribution in [-0.4, -0.2) is 47.6 Å². The maximum absolute atomic E-state index is 11.8. The van der Waals surface area contributed by atoms with Crippen LogP contribution in [0.4, 0.5) is 5.69 Å². The topological polar surface area (TPSA) is 85.8 Å². The molecule has 0 saturated carbocycles. The number of para-hydroxylation sites is 1. The van der Waals surface area contributed by atoms with Crippen molar-refractivity contribution < 1.29 is 8.42 Å². The van der Waals surface area contributed by atoms with Crippen molar-refractivity contribution in [2.75, 3.05) is 38.1 Å². The predicted molar refractivity (Wildman–Crippen MR) is 145 cm³/mol. The summed E-state index contributed by atoms with van der Waals surface area (Å²) in [5.41, 5.74) is 2.97. The summed E-state index contributed by atoms with van der Waals surface area (Å²) < 4.78 is 25.9. The molecule has 9 heteroatoms. The number of guanidine groups is 1. The molecule has 0 aliphatic carbocycles. The SMILES string of the molecule is CCNC(=NCc1cccc(CS(=O)(=O)NC)c1)NCCCN(CC)c1ccccc1.I. The van der Waals surface area contributed by atoms with Crippen LogP contribution in [0.15, 0.2) is 59.6 Å². The molecule has 0 radical (unpaired) electrons. The number of sulfonamides is 1. The summed E-state index contributed by atoms with van der Waals surface area (Å²) in [6.07, 6.45) is 0.991. The van der Waals surface area contributed by atoms with Crippen LogP contribution in [0.3, 0.4) is 0 Å². The largest absolute Gasteiger partial charge is 0.372 e. The first kappa shape index (κ1) is 28.2. The van der Waals surface area contributed by atoms with Gasteiger partial charge in [-0.2, -0.15) is 0 Å². The second-order valence-electron chi connectivity index (χ2n) is 7.17. The predicted octanol–water partition coefficient (Wildman–Crippen LogP) is 3.33. The van der Waals surface area contributed by atoms with Gasteiger partial charge in [-0.1, -0.05) is 42.5 Å². The first-order valence-corrected chi connectivity index (χ1v) is 12.4. The maximum atomic E-state index is 11.8. The molecule has 0 saturated heterocycles. The second kappa shape index (κ2) is 15.1. The van der Waals surface area contributed by atoms with Gasteiger partial charge in [-0.15, -0.1) is 24.0 Å². The normalized spacial score (nSPS) is 11.5. The Hall–Kier alpha value is -1.85. The summed E-state index contributed by atoms with van der Waals surface area (Å²) in [5.74, 6) is 0.729. The number of aliphatic imine (C=N–C) groups is 1. The monoisotopic (exact) mass is 573 g/mol. The van der Waals surface area contributed by atoms with Crippen molar-refractivity contribution >= 4 is 45.6 Å². The van der Waals surface area contributed by atoms with Gasteiger partial charge in [0.1, 0.15) is 0 Å². The zero-order valence-electron chi connectivity index (χ0n) is 19.2. The third-order valence-electron chi connectivity index (χ3n) is 4.82. The highest BCUT2D eigenvalue weighted by Gasteiger charge is 2.09. The van der Waals surface area contributed by atoms with E-state index in [1.54, 1.807) is 0 Å². The van der Waals surface area contributed by atoms with Crippen LogP contribution in [0.2, 0.25) is 0 Å². The van der Waals surface area contributed by atoms with E-state index < -0.39 is 10.0 Å². The van der Waals surface area contributed by atoms with Gasteiger partial charge in [-0.05, 0) is 50.6 Å². The third kappa shape index (κ3) is 10.2. The lowest BCUT2D eigenvalue weighted by atomic mass is 10.1. The molecule has 0 atom stereocenters. The minimum atomic E-state index is -3.29. The van der Waals surface area contributed by atoms with E-state index >= 15 is 0 Å². The van der Waals surface area contributed by atoms with Gasteiger partial charge in [0, 0.05) is 31.9 Å².